The minimum atomic E-state index is 0.774. The second kappa shape index (κ2) is 6.35. The van der Waals surface area contributed by atoms with Crippen molar-refractivity contribution >= 4 is 23.0 Å². The molecule has 5 heteroatoms. The van der Waals surface area contributed by atoms with Crippen molar-refractivity contribution in [1.82, 2.24) is 9.97 Å². The van der Waals surface area contributed by atoms with Gasteiger partial charge >= 0.3 is 0 Å². The molecule has 0 aliphatic carbocycles. The van der Waals surface area contributed by atoms with Crippen LogP contribution in [0, 0.1) is 6.92 Å². The third kappa shape index (κ3) is 3.70. The first-order chi connectivity index (χ1) is 8.78. The van der Waals surface area contributed by atoms with E-state index < -0.39 is 0 Å². The predicted octanol–water partition coefficient (Wildman–Crippen LogP) is 3.28. The van der Waals surface area contributed by atoms with Crippen molar-refractivity contribution < 1.29 is 0 Å². The molecule has 4 nitrogen and oxygen atoms in total. The normalized spacial score (nSPS) is 10.3. The van der Waals surface area contributed by atoms with Crippen molar-refractivity contribution in [3.05, 3.63) is 34.3 Å². The number of pyridine rings is 1. The number of rotatable bonds is 6. The number of thiazole rings is 1. The minimum absolute atomic E-state index is 0.774. The van der Waals surface area contributed by atoms with Crippen LogP contribution in [0.25, 0.3) is 0 Å². The van der Waals surface area contributed by atoms with Gasteiger partial charge in [-0.1, -0.05) is 13.0 Å². The van der Waals surface area contributed by atoms with Crippen molar-refractivity contribution in [3.8, 4) is 0 Å². The molecule has 0 spiro atoms. The van der Waals surface area contributed by atoms with Crippen LogP contribution in [0.5, 0.6) is 0 Å². The van der Waals surface area contributed by atoms with E-state index in [1.54, 1.807) is 11.3 Å². The fourth-order valence-electron chi connectivity index (χ4n) is 1.55. The number of nitrogens with zero attached hydrogens (tertiary/aromatic N) is 2. The molecule has 2 N–H and O–H groups in total. The van der Waals surface area contributed by atoms with Crippen molar-refractivity contribution in [2.45, 2.75) is 26.8 Å². The number of nitrogens with one attached hydrogen (secondary N) is 2. The van der Waals surface area contributed by atoms with Gasteiger partial charge < -0.3 is 10.6 Å². The zero-order chi connectivity index (χ0) is 12.8. The van der Waals surface area contributed by atoms with E-state index in [2.05, 4.69) is 27.5 Å². The molecule has 0 amide bonds. The van der Waals surface area contributed by atoms with Crippen molar-refractivity contribution in [3.63, 3.8) is 0 Å². The summed E-state index contributed by atoms with van der Waals surface area (Å²) in [7, 11) is 0. The van der Waals surface area contributed by atoms with Crippen LogP contribution in [-0.4, -0.2) is 16.5 Å². The molecule has 18 heavy (non-hydrogen) atoms. The summed E-state index contributed by atoms with van der Waals surface area (Å²) in [4.78, 5) is 9.95. The fraction of sp³-hybridized carbons (Fsp3) is 0.385. The SMILES string of the molecule is CCCNc1cccc(NCc2cnc(C)s2)n1. The second-order valence-electron chi connectivity index (χ2n) is 4.03. The maximum atomic E-state index is 4.49. The lowest BCUT2D eigenvalue weighted by atomic mass is 10.4. The highest BCUT2D eigenvalue weighted by Gasteiger charge is 2.00. The van der Waals surface area contributed by atoms with Crippen LogP contribution in [0.3, 0.4) is 0 Å². The van der Waals surface area contributed by atoms with Gasteiger partial charge in [0.1, 0.15) is 11.6 Å². The summed E-state index contributed by atoms with van der Waals surface area (Å²) in [6.45, 7) is 5.88. The highest BCUT2D eigenvalue weighted by atomic mass is 32.1. The quantitative estimate of drug-likeness (QED) is 0.839. The number of aryl methyl sites for hydroxylation is 1. The number of hydrogen-bond donors (Lipinski definition) is 2. The number of hydrogen-bond acceptors (Lipinski definition) is 5. The topological polar surface area (TPSA) is 49.8 Å². The second-order valence-corrected chi connectivity index (χ2v) is 5.35. The average Bonchev–Trinajstić information content (AvgIpc) is 2.80. The monoisotopic (exact) mass is 262 g/mol. The molecular weight excluding hydrogens is 244 g/mol. The van der Waals surface area contributed by atoms with E-state index >= 15 is 0 Å². The van der Waals surface area contributed by atoms with Crippen LogP contribution in [0.1, 0.15) is 23.2 Å². The van der Waals surface area contributed by atoms with Gasteiger partial charge in [0.2, 0.25) is 0 Å². The maximum Gasteiger partial charge on any atom is 0.128 e. The molecule has 2 heterocycles. The highest BCUT2D eigenvalue weighted by molar-refractivity contribution is 7.11. The summed E-state index contributed by atoms with van der Waals surface area (Å²) in [6.07, 6.45) is 3.01. The molecule has 0 aliphatic rings. The van der Waals surface area contributed by atoms with Gasteiger partial charge in [0.15, 0.2) is 0 Å². The minimum Gasteiger partial charge on any atom is -0.370 e. The van der Waals surface area contributed by atoms with Crippen LogP contribution < -0.4 is 10.6 Å². The largest absolute Gasteiger partial charge is 0.370 e. The van der Waals surface area contributed by atoms with Crippen molar-refractivity contribution in [2.75, 3.05) is 17.2 Å². The first-order valence-corrected chi connectivity index (χ1v) is 6.95. The molecule has 0 aliphatic heterocycles. The smallest absolute Gasteiger partial charge is 0.128 e. The Balaban J connectivity index is 1.92. The summed E-state index contributed by atoms with van der Waals surface area (Å²) >= 11 is 1.71. The third-order valence-electron chi connectivity index (χ3n) is 2.42. The Morgan fingerprint density at radius 1 is 1.22 bits per heavy atom. The van der Waals surface area contributed by atoms with Gasteiger partial charge in [-0.05, 0) is 25.5 Å². The standard InChI is InChI=1S/C13H18N4S/c1-3-7-14-12-5-4-6-13(17-12)16-9-11-8-15-10(2)18-11/h4-6,8H,3,7,9H2,1-2H3,(H2,14,16,17). The molecule has 0 bridgehead atoms. The summed E-state index contributed by atoms with van der Waals surface area (Å²) in [5, 5.41) is 7.68. The van der Waals surface area contributed by atoms with Gasteiger partial charge in [-0.25, -0.2) is 9.97 Å². The van der Waals surface area contributed by atoms with Crippen LogP contribution in [-0.2, 0) is 6.54 Å². The van der Waals surface area contributed by atoms with Crippen LogP contribution in [0.4, 0.5) is 11.6 Å². The molecule has 0 fully saturated rings. The highest BCUT2D eigenvalue weighted by Crippen LogP contribution is 2.14. The lowest BCUT2D eigenvalue weighted by Crippen LogP contribution is -2.04. The maximum absolute atomic E-state index is 4.49. The van der Waals surface area contributed by atoms with E-state index in [4.69, 9.17) is 0 Å². The summed E-state index contributed by atoms with van der Waals surface area (Å²) in [5.41, 5.74) is 0. The molecule has 0 atom stereocenters. The molecular formula is C13H18N4S. The van der Waals surface area contributed by atoms with Gasteiger partial charge in [0.25, 0.3) is 0 Å². The van der Waals surface area contributed by atoms with Crippen LogP contribution in [0.2, 0.25) is 0 Å². The molecule has 96 valence electrons. The Hall–Kier alpha value is -1.62. The molecule has 2 rings (SSSR count). The lowest BCUT2D eigenvalue weighted by Gasteiger charge is -2.07. The Morgan fingerprint density at radius 3 is 2.67 bits per heavy atom. The van der Waals surface area contributed by atoms with E-state index in [0.29, 0.717) is 0 Å². The summed E-state index contributed by atoms with van der Waals surface area (Å²) < 4.78 is 0. The molecule has 2 aromatic rings. The molecule has 0 radical (unpaired) electrons. The molecule has 0 aromatic carbocycles. The number of anilines is 2. The predicted molar refractivity (Wildman–Crippen MR) is 77.2 cm³/mol. The van der Waals surface area contributed by atoms with Gasteiger partial charge in [0.05, 0.1) is 11.6 Å². The first kappa shape index (κ1) is 12.8. The lowest BCUT2D eigenvalue weighted by molar-refractivity contribution is 0.968. The van der Waals surface area contributed by atoms with Crippen molar-refractivity contribution in [2.24, 2.45) is 0 Å². The van der Waals surface area contributed by atoms with E-state index in [0.717, 1.165) is 36.2 Å². The molecule has 2 aromatic heterocycles. The van der Waals surface area contributed by atoms with Gasteiger partial charge in [-0.15, -0.1) is 11.3 Å². The first-order valence-electron chi connectivity index (χ1n) is 6.14. The Kier molecular flexibility index (Phi) is 4.52. The molecule has 0 saturated carbocycles. The molecule has 0 saturated heterocycles. The fourth-order valence-corrected chi connectivity index (χ4v) is 2.28. The number of aromatic nitrogens is 2. The van der Waals surface area contributed by atoms with Crippen LogP contribution >= 0.6 is 11.3 Å². The third-order valence-corrected chi connectivity index (χ3v) is 3.33. The van der Waals surface area contributed by atoms with E-state index in [1.165, 1.54) is 4.88 Å². The van der Waals surface area contributed by atoms with E-state index in [-0.39, 0.29) is 0 Å². The Bertz CT molecular complexity index is 495. The van der Waals surface area contributed by atoms with Gasteiger partial charge in [-0.3, -0.25) is 0 Å². The summed E-state index contributed by atoms with van der Waals surface area (Å²) in [6, 6.07) is 5.97. The Morgan fingerprint density at radius 2 is 2.00 bits per heavy atom. The Labute approximate surface area is 111 Å². The summed E-state index contributed by atoms with van der Waals surface area (Å²) in [5.74, 6) is 1.81. The zero-order valence-electron chi connectivity index (χ0n) is 10.7. The zero-order valence-corrected chi connectivity index (χ0v) is 11.5. The van der Waals surface area contributed by atoms with Crippen molar-refractivity contribution in [1.29, 1.82) is 0 Å². The molecule has 0 unspecified atom stereocenters. The van der Waals surface area contributed by atoms with Gasteiger partial charge in [0, 0.05) is 17.6 Å². The van der Waals surface area contributed by atoms with E-state index in [9.17, 15) is 0 Å². The van der Waals surface area contributed by atoms with Gasteiger partial charge in [-0.2, -0.15) is 0 Å². The average molecular weight is 262 g/mol. The van der Waals surface area contributed by atoms with Crippen LogP contribution in [0.15, 0.2) is 24.4 Å². The van der Waals surface area contributed by atoms with E-state index in [1.807, 2.05) is 31.3 Å².